The predicted molar refractivity (Wildman–Crippen MR) is 91.7 cm³/mol. The molecule has 0 fully saturated rings. The van der Waals surface area contributed by atoms with Crippen LogP contribution in [0.15, 0.2) is 76.5 Å². The van der Waals surface area contributed by atoms with Gasteiger partial charge >= 0.3 is 0 Å². The van der Waals surface area contributed by atoms with Crippen LogP contribution in [0.1, 0.15) is 12.5 Å². The number of carbonyl (C=O) groups is 1. The summed E-state index contributed by atoms with van der Waals surface area (Å²) in [6.45, 7) is 1.64. The van der Waals surface area contributed by atoms with Crippen molar-refractivity contribution in [3.8, 4) is 0 Å². The third-order valence-electron chi connectivity index (χ3n) is 4.23. The summed E-state index contributed by atoms with van der Waals surface area (Å²) < 4.78 is 36.1. The molecule has 1 aliphatic heterocycles. The Morgan fingerprint density at radius 1 is 1.00 bits per heavy atom. The molecule has 1 heterocycles. The molecule has 0 N–H and O–H groups in total. The highest BCUT2D eigenvalue weighted by Crippen LogP contribution is 2.33. The van der Waals surface area contributed by atoms with Crippen molar-refractivity contribution in [1.82, 2.24) is 0 Å². The number of ether oxygens (including phenoxy) is 2. The zero-order chi connectivity index (χ0) is 18.1. The maximum Gasteiger partial charge on any atom is 0.206 e. The number of methoxy groups -OCH3 is 1. The van der Waals surface area contributed by atoms with Crippen molar-refractivity contribution in [3.05, 3.63) is 72.3 Å². The normalized spacial score (nSPS) is 23.6. The van der Waals surface area contributed by atoms with Crippen molar-refractivity contribution in [1.29, 1.82) is 0 Å². The Hall–Kier alpha value is -2.28. The van der Waals surface area contributed by atoms with Gasteiger partial charge in [0.2, 0.25) is 9.84 Å². The highest BCUT2D eigenvalue weighted by molar-refractivity contribution is 7.91. The summed E-state index contributed by atoms with van der Waals surface area (Å²) >= 11 is 0. The van der Waals surface area contributed by atoms with Crippen LogP contribution in [0.2, 0.25) is 0 Å². The van der Waals surface area contributed by atoms with Crippen LogP contribution in [-0.4, -0.2) is 27.6 Å². The molecule has 0 saturated heterocycles. The van der Waals surface area contributed by atoms with Crippen molar-refractivity contribution < 1.29 is 22.7 Å². The fourth-order valence-electron chi connectivity index (χ4n) is 2.68. The fraction of sp³-hybridized carbons (Fsp3) is 0.211. The molecule has 3 rings (SSSR count). The second-order valence-corrected chi connectivity index (χ2v) is 7.77. The third kappa shape index (κ3) is 3.16. The molecule has 2 aromatic rings. The minimum atomic E-state index is -3.60. The van der Waals surface area contributed by atoms with E-state index in [1.165, 1.54) is 31.4 Å². The van der Waals surface area contributed by atoms with Gasteiger partial charge < -0.3 is 9.47 Å². The van der Waals surface area contributed by atoms with Crippen LogP contribution in [0.3, 0.4) is 0 Å². The Bertz CT molecular complexity index is 901. The number of sulfone groups is 1. The zero-order valence-corrected chi connectivity index (χ0v) is 14.7. The molecule has 0 bridgehead atoms. The second kappa shape index (κ2) is 6.55. The second-order valence-electron chi connectivity index (χ2n) is 5.82. The Morgan fingerprint density at radius 3 is 2.20 bits per heavy atom. The first kappa shape index (κ1) is 17.5. The Kier molecular flexibility index (Phi) is 4.60. The van der Waals surface area contributed by atoms with Gasteiger partial charge in [-0.25, -0.2) is 8.42 Å². The highest BCUT2D eigenvalue weighted by atomic mass is 32.2. The van der Waals surface area contributed by atoms with E-state index >= 15 is 0 Å². The average Bonchev–Trinajstić information content (AvgIpc) is 2.65. The number of hydrogen-bond donors (Lipinski definition) is 0. The summed E-state index contributed by atoms with van der Waals surface area (Å²) in [4.78, 5) is 12.7. The van der Waals surface area contributed by atoms with E-state index in [0.29, 0.717) is 5.56 Å². The van der Waals surface area contributed by atoms with Gasteiger partial charge in [-0.15, -0.1) is 0 Å². The van der Waals surface area contributed by atoms with Crippen molar-refractivity contribution in [2.24, 2.45) is 0 Å². The van der Waals surface area contributed by atoms with Gasteiger partial charge in [0.15, 0.2) is 17.7 Å². The highest BCUT2D eigenvalue weighted by Gasteiger charge is 2.39. The van der Waals surface area contributed by atoms with Crippen LogP contribution in [-0.2, 0) is 29.7 Å². The van der Waals surface area contributed by atoms with Crippen molar-refractivity contribution in [3.63, 3.8) is 0 Å². The van der Waals surface area contributed by atoms with Gasteiger partial charge in [0, 0.05) is 7.11 Å². The molecule has 0 radical (unpaired) electrons. The van der Waals surface area contributed by atoms with Gasteiger partial charge in [-0.2, -0.15) is 0 Å². The van der Waals surface area contributed by atoms with E-state index in [1.54, 1.807) is 49.4 Å². The molecule has 0 spiro atoms. The van der Waals surface area contributed by atoms with Crippen molar-refractivity contribution in [2.75, 3.05) is 7.11 Å². The van der Waals surface area contributed by atoms with Crippen LogP contribution in [0.4, 0.5) is 0 Å². The molecule has 1 aliphatic rings. The lowest BCUT2D eigenvalue weighted by Gasteiger charge is -2.33. The lowest BCUT2D eigenvalue weighted by molar-refractivity contribution is -0.185. The molecule has 130 valence electrons. The van der Waals surface area contributed by atoms with Crippen LogP contribution >= 0.6 is 0 Å². The number of carbonyl (C=O) groups excluding carboxylic acids is 1. The minimum absolute atomic E-state index is 0.160. The number of rotatable bonds is 4. The zero-order valence-electron chi connectivity index (χ0n) is 13.9. The van der Waals surface area contributed by atoms with Gasteiger partial charge in [-0.1, -0.05) is 30.3 Å². The lowest BCUT2D eigenvalue weighted by atomic mass is 9.89. The van der Waals surface area contributed by atoms with Crippen LogP contribution in [0.5, 0.6) is 0 Å². The maximum absolute atomic E-state index is 12.6. The summed E-state index contributed by atoms with van der Waals surface area (Å²) in [6, 6.07) is 14.4. The molecule has 0 aliphatic carbocycles. The van der Waals surface area contributed by atoms with E-state index in [9.17, 15) is 13.2 Å². The molecule has 25 heavy (non-hydrogen) atoms. The van der Waals surface area contributed by atoms with E-state index in [-0.39, 0.29) is 15.6 Å². The predicted octanol–water partition coefficient (Wildman–Crippen LogP) is 2.86. The molecule has 6 heteroatoms. The van der Waals surface area contributed by atoms with E-state index in [0.717, 1.165) is 0 Å². The van der Waals surface area contributed by atoms with Gasteiger partial charge in [-0.05, 0) is 48.9 Å². The van der Waals surface area contributed by atoms with Crippen LogP contribution < -0.4 is 0 Å². The van der Waals surface area contributed by atoms with Gasteiger partial charge in [0.1, 0.15) is 0 Å². The third-order valence-corrected chi connectivity index (χ3v) is 6.01. The molecule has 0 aromatic heterocycles. The van der Waals surface area contributed by atoms with Crippen LogP contribution in [0.25, 0.3) is 0 Å². The first-order valence-electron chi connectivity index (χ1n) is 7.72. The van der Waals surface area contributed by atoms with E-state index in [1.807, 2.05) is 0 Å². The van der Waals surface area contributed by atoms with Crippen molar-refractivity contribution in [2.45, 2.75) is 28.6 Å². The lowest BCUT2D eigenvalue weighted by Crippen LogP contribution is -2.41. The number of ketones is 1. The topological polar surface area (TPSA) is 69.7 Å². The van der Waals surface area contributed by atoms with Crippen LogP contribution in [0, 0.1) is 0 Å². The Morgan fingerprint density at radius 2 is 1.60 bits per heavy atom. The Balaban J connectivity index is 1.96. The molecular weight excluding hydrogens is 340 g/mol. The average molecular weight is 358 g/mol. The van der Waals surface area contributed by atoms with Gasteiger partial charge in [-0.3, -0.25) is 4.79 Å². The quantitative estimate of drug-likeness (QED) is 0.841. The molecule has 5 nitrogen and oxygen atoms in total. The largest absolute Gasteiger partial charge is 0.352 e. The monoisotopic (exact) mass is 358 g/mol. The summed E-state index contributed by atoms with van der Waals surface area (Å²) in [5.41, 5.74) is -0.652. The smallest absolute Gasteiger partial charge is 0.206 e. The van der Waals surface area contributed by atoms with Gasteiger partial charge in [0.05, 0.1) is 9.79 Å². The minimum Gasteiger partial charge on any atom is -0.352 e. The molecule has 0 unspecified atom stereocenters. The van der Waals surface area contributed by atoms with E-state index in [4.69, 9.17) is 9.47 Å². The first-order valence-corrected chi connectivity index (χ1v) is 9.20. The van der Waals surface area contributed by atoms with Crippen molar-refractivity contribution >= 4 is 15.6 Å². The fourth-order valence-corrected chi connectivity index (χ4v) is 3.96. The summed E-state index contributed by atoms with van der Waals surface area (Å²) in [6.07, 6.45) is 2.33. The van der Waals surface area contributed by atoms with E-state index in [2.05, 4.69) is 0 Å². The SMILES string of the molecule is CO[C@H]1C=CC(=O)[C@@](C)(c2ccc(S(=O)(=O)c3ccccc3)cc2)O1. The molecule has 0 amide bonds. The first-order chi connectivity index (χ1) is 11.9. The number of hydrogen-bond acceptors (Lipinski definition) is 5. The molecule has 2 aromatic carbocycles. The summed E-state index contributed by atoms with van der Waals surface area (Å²) in [5.74, 6) is -0.223. The Labute approximate surface area is 146 Å². The molecule has 0 saturated carbocycles. The summed E-state index contributed by atoms with van der Waals surface area (Å²) in [7, 11) is -2.11. The summed E-state index contributed by atoms with van der Waals surface area (Å²) in [5, 5.41) is 0. The molecular formula is C19H18O5S. The maximum atomic E-state index is 12.6. The standard InChI is InChI=1S/C19H18O5S/c1-19(17(20)12-13-18(23-2)24-19)14-8-10-16(11-9-14)25(21,22)15-6-4-3-5-7-15/h3-13,18H,1-2H3/t18-,19-/m1/s1. The molecule has 2 atom stereocenters. The van der Waals surface area contributed by atoms with E-state index < -0.39 is 21.7 Å². The van der Waals surface area contributed by atoms with Gasteiger partial charge in [0.25, 0.3) is 0 Å². The number of benzene rings is 2.